The number of thioether (sulfide) groups is 1. The average molecular weight is 449 g/mol. The van der Waals surface area contributed by atoms with Crippen molar-refractivity contribution >= 4 is 46.7 Å². The van der Waals surface area contributed by atoms with Gasteiger partial charge < -0.3 is 9.88 Å². The van der Waals surface area contributed by atoms with Crippen molar-refractivity contribution < 1.29 is 9.59 Å². The molecule has 1 heterocycles. The molecule has 1 amide bonds. The minimum absolute atomic E-state index is 0.0238. The standard InChI is InChI=1S/C20H18Cl2N4O2S/c1-2-26-18(11-23-19(28)14-8-9-15(21)16(22)10-14)24-25-20(26)29-12-17(27)13-6-4-3-5-7-13/h3-10H,2,11-12H2,1H3,(H,23,28). The van der Waals surface area contributed by atoms with E-state index in [2.05, 4.69) is 15.5 Å². The summed E-state index contributed by atoms with van der Waals surface area (Å²) in [5.74, 6) is 0.603. The lowest BCUT2D eigenvalue weighted by atomic mass is 10.2. The van der Waals surface area contributed by atoms with Crippen LogP contribution in [0.5, 0.6) is 0 Å². The maximum atomic E-state index is 12.3. The van der Waals surface area contributed by atoms with Crippen LogP contribution in [0.15, 0.2) is 53.7 Å². The number of nitrogens with zero attached hydrogens (tertiary/aromatic N) is 3. The second-order valence-electron chi connectivity index (χ2n) is 6.03. The Labute approximate surface area is 182 Å². The second-order valence-corrected chi connectivity index (χ2v) is 7.79. The van der Waals surface area contributed by atoms with Crippen molar-refractivity contribution in [2.24, 2.45) is 0 Å². The zero-order valence-electron chi connectivity index (χ0n) is 15.6. The number of hydrogen-bond acceptors (Lipinski definition) is 5. The lowest BCUT2D eigenvalue weighted by Gasteiger charge is -2.09. The normalized spacial score (nSPS) is 10.7. The number of aromatic nitrogens is 3. The summed E-state index contributed by atoms with van der Waals surface area (Å²) in [5, 5.41) is 12.5. The summed E-state index contributed by atoms with van der Waals surface area (Å²) in [4.78, 5) is 24.6. The topological polar surface area (TPSA) is 76.9 Å². The Morgan fingerprint density at radius 1 is 1.03 bits per heavy atom. The molecular weight excluding hydrogens is 431 g/mol. The van der Waals surface area contributed by atoms with E-state index >= 15 is 0 Å². The van der Waals surface area contributed by atoms with E-state index in [4.69, 9.17) is 23.2 Å². The minimum Gasteiger partial charge on any atom is -0.345 e. The average Bonchev–Trinajstić information content (AvgIpc) is 3.14. The number of carbonyl (C=O) groups is 2. The highest BCUT2D eigenvalue weighted by atomic mass is 35.5. The van der Waals surface area contributed by atoms with Crippen molar-refractivity contribution in [3.8, 4) is 0 Å². The van der Waals surface area contributed by atoms with Crippen LogP contribution < -0.4 is 5.32 Å². The maximum absolute atomic E-state index is 12.3. The van der Waals surface area contributed by atoms with E-state index < -0.39 is 0 Å². The zero-order chi connectivity index (χ0) is 20.8. The number of rotatable bonds is 8. The van der Waals surface area contributed by atoms with E-state index in [1.807, 2.05) is 29.7 Å². The predicted molar refractivity (Wildman–Crippen MR) is 115 cm³/mol. The summed E-state index contributed by atoms with van der Waals surface area (Å²) in [5.41, 5.74) is 1.07. The Kier molecular flexibility index (Phi) is 7.30. The first-order chi connectivity index (χ1) is 14.0. The van der Waals surface area contributed by atoms with E-state index in [0.717, 1.165) is 0 Å². The second kappa shape index (κ2) is 9.91. The van der Waals surface area contributed by atoms with Gasteiger partial charge in [0.2, 0.25) is 0 Å². The lowest BCUT2D eigenvalue weighted by molar-refractivity contribution is 0.0948. The summed E-state index contributed by atoms with van der Waals surface area (Å²) < 4.78 is 1.87. The van der Waals surface area contributed by atoms with Gasteiger partial charge in [-0.15, -0.1) is 10.2 Å². The van der Waals surface area contributed by atoms with Gasteiger partial charge in [0.05, 0.1) is 22.3 Å². The third-order valence-electron chi connectivity index (χ3n) is 4.13. The smallest absolute Gasteiger partial charge is 0.251 e. The molecule has 9 heteroatoms. The molecule has 0 bridgehead atoms. The number of nitrogens with one attached hydrogen (secondary N) is 1. The first-order valence-electron chi connectivity index (χ1n) is 8.86. The molecule has 1 aromatic heterocycles. The van der Waals surface area contributed by atoms with Crippen LogP contribution >= 0.6 is 35.0 Å². The number of Topliss-reactive ketones (excluding diaryl/α,β-unsaturated/α-hetero) is 1. The van der Waals surface area contributed by atoms with Gasteiger partial charge in [-0.05, 0) is 25.1 Å². The van der Waals surface area contributed by atoms with Gasteiger partial charge in [0, 0.05) is 17.7 Å². The lowest BCUT2D eigenvalue weighted by Crippen LogP contribution is -2.24. The fourth-order valence-corrected chi connectivity index (χ4v) is 3.82. The van der Waals surface area contributed by atoms with Gasteiger partial charge in [-0.25, -0.2) is 0 Å². The van der Waals surface area contributed by atoms with Gasteiger partial charge in [-0.2, -0.15) is 0 Å². The molecule has 0 unspecified atom stereocenters. The Hall–Kier alpha value is -2.35. The van der Waals surface area contributed by atoms with E-state index in [0.29, 0.717) is 38.7 Å². The van der Waals surface area contributed by atoms with Crippen LogP contribution in [-0.4, -0.2) is 32.2 Å². The molecule has 0 saturated heterocycles. The number of hydrogen-bond donors (Lipinski definition) is 1. The molecular formula is C20H18Cl2N4O2S. The molecule has 2 aromatic carbocycles. The molecule has 3 aromatic rings. The van der Waals surface area contributed by atoms with E-state index in [-0.39, 0.29) is 24.0 Å². The fraction of sp³-hybridized carbons (Fsp3) is 0.200. The van der Waals surface area contributed by atoms with Crippen LogP contribution in [0.1, 0.15) is 33.5 Å². The first kappa shape index (κ1) is 21.4. The Balaban J connectivity index is 1.62. The Morgan fingerprint density at radius 3 is 2.48 bits per heavy atom. The summed E-state index contributed by atoms with van der Waals surface area (Å²) in [6.07, 6.45) is 0. The number of carbonyl (C=O) groups excluding carboxylic acids is 2. The monoisotopic (exact) mass is 448 g/mol. The molecule has 0 saturated carbocycles. The molecule has 0 aliphatic carbocycles. The zero-order valence-corrected chi connectivity index (χ0v) is 17.9. The van der Waals surface area contributed by atoms with Crippen molar-refractivity contribution in [1.82, 2.24) is 20.1 Å². The van der Waals surface area contributed by atoms with Gasteiger partial charge in [0.15, 0.2) is 16.8 Å². The Morgan fingerprint density at radius 2 is 1.79 bits per heavy atom. The summed E-state index contributed by atoms with van der Waals surface area (Å²) in [6.45, 7) is 2.77. The number of amides is 1. The van der Waals surface area contributed by atoms with Crippen molar-refractivity contribution in [2.45, 2.75) is 25.2 Å². The molecule has 0 fully saturated rings. The van der Waals surface area contributed by atoms with Gasteiger partial charge in [0.1, 0.15) is 0 Å². The highest BCUT2D eigenvalue weighted by Gasteiger charge is 2.15. The SMILES string of the molecule is CCn1c(CNC(=O)c2ccc(Cl)c(Cl)c2)nnc1SCC(=O)c1ccccc1. The minimum atomic E-state index is -0.289. The van der Waals surface area contributed by atoms with Crippen molar-refractivity contribution in [2.75, 3.05) is 5.75 Å². The molecule has 0 spiro atoms. The van der Waals surface area contributed by atoms with Gasteiger partial charge in [0.25, 0.3) is 5.91 Å². The molecule has 6 nitrogen and oxygen atoms in total. The third-order valence-corrected chi connectivity index (χ3v) is 5.83. The molecule has 3 rings (SSSR count). The molecule has 0 aliphatic rings. The van der Waals surface area contributed by atoms with Crippen molar-refractivity contribution in [3.63, 3.8) is 0 Å². The first-order valence-corrected chi connectivity index (χ1v) is 10.6. The third kappa shape index (κ3) is 5.38. The highest BCUT2D eigenvalue weighted by Crippen LogP contribution is 2.23. The maximum Gasteiger partial charge on any atom is 0.251 e. The van der Waals surface area contributed by atoms with Crippen molar-refractivity contribution in [1.29, 1.82) is 0 Å². The molecule has 29 heavy (non-hydrogen) atoms. The number of ketones is 1. The fourth-order valence-electron chi connectivity index (χ4n) is 2.61. The molecule has 0 atom stereocenters. The highest BCUT2D eigenvalue weighted by molar-refractivity contribution is 7.99. The summed E-state index contributed by atoms with van der Waals surface area (Å²) >= 11 is 13.2. The number of halogens is 2. The van der Waals surface area contributed by atoms with Gasteiger partial charge in [-0.1, -0.05) is 65.3 Å². The molecule has 0 aliphatic heterocycles. The van der Waals surface area contributed by atoms with Crippen LogP contribution in [0.4, 0.5) is 0 Å². The van der Waals surface area contributed by atoms with Crippen LogP contribution in [0.3, 0.4) is 0 Å². The quantitative estimate of drug-likeness (QED) is 0.405. The summed E-state index contributed by atoms with van der Waals surface area (Å²) in [6, 6.07) is 13.8. The van der Waals surface area contributed by atoms with Crippen LogP contribution in [0, 0.1) is 0 Å². The van der Waals surface area contributed by atoms with Gasteiger partial charge in [-0.3, -0.25) is 9.59 Å². The van der Waals surface area contributed by atoms with Crippen molar-refractivity contribution in [3.05, 3.63) is 75.5 Å². The van der Waals surface area contributed by atoms with E-state index in [9.17, 15) is 9.59 Å². The molecule has 1 N–H and O–H groups in total. The van der Waals surface area contributed by atoms with E-state index in [1.54, 1.807) is 24.3 Å². The van der Waals surface area contributed by atoms with Gasteiger partial charge >= 0.3 is 0 Å². The molecule has 150 valence electrons. The predicted octanol–water partition coefficient (Wildman–Crippen LogP) is 4.51. The summed E-state index contributed by atoms with van der Waals surface area (Å²) in [7, 11) is 0. The molecule has 0 radical (unpaired) electrons. The van der Waals surface area contributed by atoms with E-state index in [1.165, 1.54) is 17.8 Å². The van der Waals surface area contributed by atoms with Crippen LogP contribution in [0.25, 0.3) is 0 Å². The largest absolute Gasteiger partial charge is 0.345 e. The Bertz CT molecular complexity index is 1020. The number of benzene rings is 2. The van der Waals surface area contributed by atoms with Crippen LogP contribution in [-0.2, 0) is 13.1 Å². The van der Waals surface area contributed by atoms with Crippen LogP contribution in [0.2, 0.25) is 10.0 Å².